The summed E-state index contributed by atoms with van der Waals surface area (Å²) in [6, 6.07) is 64.9. The van der Waals surface area contributed by atoms with Crippen molar-refractivity contribution < 1.29 is 0 Å². The van der Waals surface area contributed by atoms with Crippen LogP contribution in [0.5, 0.6) is 0 Å². The third-order valence-electron chi connectivity index (χ3n) is 12.8. The zero-order valence-electron chi connectivity index (χ0n) is 33.3. The second-order valence-electron chi connectivity index (χ2n) is 17.0. The molecular weight excluding hydrogens is 719 g/mol. The van der Waals surface area contributed by atoms with Gasteiger partial charge in [0.15, 0.2) is 0 Å². The zero-order valence-corrected chi connectivity index (χ0v) is 34.1. The van der Waals surface area contributed by atoms with E-state index in [2.05, 4.69) is 221 Å². The summed E-state index contributed by atoms with van der Waals surface area (Å²) in [6.45, 7) is 9.66. The van der Waals surface area contributed by atoms with Crippen LogP contribution in [0.3, 0.4) is 0 Å². The van der Waals surface area contributed by atoms with E-state index in [0.29, 0.717) is 0 Å². The fraction of sp³-hybridized carbons (Fsp3) is 0.107. The minimum absolute atomic E-state index is 0.0779. The summed E-state index contributed by atoms with van der Waals surface area (Å²) in [5.74, 6) is 0. The maximum atomic E-state index is 2.44. The van der Waals surface area contributed by atoms with Gasteiger partial charge in [0, 0.05) is 47.8 Å². The molecule has 0 spiro atoms. The Morgan fingerprint density at radius 2 is 1.02 bits per heavy atom. The number of hydrogen-bond donors (Lipinski definition) is 0. The number of benzene rings is 8. The molecule has 8 aromatic carbocycles. The van der Waals surface area contributed by atoms with Crippen molar-refractivity contribution in [2.24, 2.45) is 0 Å². The number of hydrogen-bond acceptors (Lipinski definition) is 2. The Hall–Kier alpha value is -6.48. The molecule has 0 amide bonds. The molecule has 278 valence electrons. The number of para-hydroxylation sites is 1. The molecule has 1 nitrogen and oxygen atoms in total. The van der Waals surface area contributed by atoms with Gasteiger partial charge >= 0.3 is 0 Å². The van der Waals surface area contributed by atoms with Crippen molar-refractivity contribution in [3.63, 3.8) is 0 Å². The molecule has 0 aliphatic heterocycles. The summed E-state index contributed by atoms with van der Waals surface area (Å²) in [7, 11) is 0. The molecule has 0 N–H and O–H groups in total. The van der Waals surface area contributed by atoms with Gasteiger partial charge in [0.05, 0.1) is 5.69 Å². The van der Waals surface area contributed by atoms with Gasteiger partial charge in [0.2, 0.25) is 0 Å². The molecule has 1 aromatic heterocycles. The monoisotopic (exact) mass is 761 g/mol. The first-order valence-electron chi connectivity index (χ1n) is 20.3. The lowest BCUT2D eigenvalue weighted by molar-refractivity contribution is 0.694. The summed E-state index contributed by atoms with van der Waals surface area (Å²) in [5, 5.41) is 5.08. The van der Waals surface area contributed by atoms with E-state index in [1.807, 2.05) is 11.3 Å². The van der Waals surface area contributed by atoms with Gasteiger partial charge < -0.3 is 4.90 Å². The van der Waals surface area contributed by atoms with Crippen LogP contribution in [0, 0.1) is 0 Å². The van der Waals surface area contributed by atoms with Crippen LogP contribution < -0.4 is 4.90 Å². The predicted octanol–water partition coefficient (Wildman–Crippen LogP) is 16.0. The number of rotatable bonds is 6. The largest absolute Gasteiger partial charge is 0.310 e. The first kappa shape index (κ1) is 34.7. The Morgan fingerprint density at radius 3 is 1.78 bits per heavy atom. The molecule has 0 saturated carbocycles. The van der Waals surface area contributed by atoms with Gasteiger partial charge in [-0.05, 0) is 104 Å². The molecule has 1 heterocycles. The van der Waals surface area contributed by atoms with Crippen LogP contribution in [-0.4, -0.2) is 0 Å². The Labute approximate surface area is 344 Å². The van der Waals surface area contributed by atoms with Crippen molar-refractivity contribution in [1.82, 2.24) is 0 Å². The minimum Gasteiger partial charge on any atom is -0.310 e. The number of fused-ring (bicyclic) bond motifs is 8. The molecule has 11 rings (SSSR count). The number of anilines is 3. The van der Waals surface area contributed by atoms with Crippen LogP contribution in [0.4, 0.5) is 17.1 Å². The second kappa shape index (κ2) is 13.0. The Bertz CT molecular complexity index is 3150. The molecule has 2 aliphatic carbocycles. The predicted molar refractivity (Wildman–Crippen MR) is 252 cm³/mol. The summed E-state index contributed by atoms with van der Waals surface area (Å²) in [6.07, 6.45) is 4.57. The summed E-state index contributed by atoms with van der Waals surface area (Å²) in [4.78, 5) is 2.39. The van der Waals surface area contributed by atoms with Crippen LogP contribution >= 0.6 is 11.3 Å². The van der Waals surface area contributed by atoms with Crippen molar-refractivity contribution in [2.45, 2.75) is 38.5 Å². The molecule has 2 heteroatoms. The third kappa shape index (κ3) is 5.36. The number of nitrogens with zero attached hydrogens (tertiary/aromatic N) is 1. The number of allylic oxidation sites excluding steroid dienone is 2. The van der Waals surface area contributed by atoms with Gasteiger partial charge in [0.25, 0.3) is 0 Å². The molecule has 0 unspecified atom stereocenters. The fourth-order valence-corrected chi connectivity index (χ4v) is 11.1. The van der Waals surface area contributed by atoms with Crippen molar-refractivity contribution in [3.05, 3.63) is 209 Å². The average Bonchev–Trinajstić information content (AvgIpc) is 3.83. The van der Waals surface area contributed by atoms with Gasteiger partial charge in [-0.1, -0.05) is 173 Å². The van der Waals surface area contributed by atoms with E-state index >= 15 is 0 Å². The molecule has 0 bridgehead atoms. The van der Waals surface area contributed by atoms with Crippen LogP contribution in [0.2, 0.25) is 0 Å². The van der Waals surface area contributed by atoms with Gasteiger partial charge in [-0.3, -0.25) is 0 Å². The molecule has 58 heavy (non-hydrogen) atoms. The van der Waals surface area contributed by atoms with Crippen LogP contribution in [0.25, 0.3) is 65.4 Å². The molecule has 2 aliphatic rings. The zero-order chi connectivity index (χ0) is 39.2. The molecule has 0 saturated heterocycles. The van der Waals surface area contributed by atoms with E-state index in [9.17, 15) is 0 Å². The van der Waals surface area contributed by atoms with E-state index < -0.39 is 0 Å². The topological polar surface area (TPSA) is 3.24 Å². The highest BCUT2D eigenvalue weighted by atomic mass is 32.1. The van der Waals surface area contributed by atoms with Gasteiger partial charge in [-0.15, -0.1) is 11.3 Å². The second-order valence-corrected chi connectivity index (χ2v) is 18.1. The first-order valence-corrected chi connectivity index (χ1v) is 21.2. The summed E-state index contributed by atoms with van der Waals surface area (Å²) in [5.41, 5.74) is 17.0. The number of thiophene rings is 1. The van der Waals surface area contributed by atoms with Gasteiger partial charge in [-0.25, -0.2) is 0 Å². The molecule has 0 atom stereocenters. The van der Waals surface area contributed by atoms with Gasteiger partial charge in [0.1, 0.15) is 0 Å². The highest BCUT2D eigenvalue weighted by molar-refractivity contribution is 7.25. The van der Waals surface area contributed by atoms with E-state index in [0.717, 1.165) is 11.4 Å². The fourth-order valence-electron chi connectivity index (χ4n) is 9.95. The quantitative estimate of drug-likeness (QED) is 0.153. The molecule has 0 fully saturated rings. The first-order chi connectivity index (χ1) is 28.3. The highest BCUT2D eigenvalue weighted by Crippen LogP contribution is 2.63. The minimum atomic E-state index is -0.0934. The van der Waals surface area contributed by atoms with Crippen LogP contribution in [0.15, 0.2) is 176 Å². The molecule has 9 aromatic rings. The Balaban J connectivity index is 0.909. The molecular formula is C56H43NS. The average molecular weight is 762 g/mol. The lowest BCUT2D eigenvalue weighted by atomic mass is 9.75. The van der Waals surface area contributed by atoms with E-state index in [1.54, 1.807) is 0 Å². The van der Waals surface area contributed by atoms with Crippen molar-refractivity contribution in [2.75, 3.05) is 4.90 Å². The smallest absolute Gasteiger partial charge is 0.0540 e. The SMILES string of the molecule is CC1(C)C2=C(c3ccc(/C=C/c4ccc5c(c4)sc4cc(N(c6ccccc6)c6cccc7ccccc67)ccc45)cc31)C(C)(C)c1cc(-c3ccccc3)ccc12. The summed E-state index contributed by atoms with van der Waals surface area (Å²) >= 11 is 1.88. The lowest BCUT2D eigenvalue weighted by Gasteiger charge is -2.28. The summed E-state index contributed by atoms with van der Waals surface area (Å²) < 4.78 is 2.59. The maximum Gasteiger partial charge on any atom is 0.0540 e. The van der Waals surface area contributed by atoms with E-state index in [-0.39, 0.29) is 10.8 Å². The van der Waals surface area contributed by atoms with Crippen molar-refractivity contribution in [3.8, 4) is 11.1 Å². The Morgan fingerprint density at radius 1 is 0.431 bits per heavy atom. The van der Waals surface area contributed by atoms with E-state index in [4.69, 9.17) is 0 Å². The standard InChI is InChI=1S/C56H43NS/c1-55(2)48-32-36(25-29-46(48)53-54(55)47-30-26-40(34-49(47)56(53,3)4)38-14-7-5-8-15-38)22-23-37-24-28-44-45-31-27-42(35-52(45)58-51(44)33-37)57(41-18-9-6-10-19-41)50-21-13-17-39-16-11-12-20-43(39)50/h5-35H,1-4H3/b23-22+. The van der Waals surface area contributed by atoms with Crippen molar-refractivity contribution >= 4 is 82.6 Å². The van der Waals surface area contributed by atoms with Crippen LogP contribution in [0.1, 0.15) is 61.1 Å². The van der Waals surface area contributed by atoms with E-state index in [1.165, 1.54) is 92.3 Å². The van der Waals surface area contributed by atoms with Gasteiger partial charge in [-0.2, -0.15) is 0 Å². The normalized spacial score (nSPS) is 15.0. The molecule has 0 radical (unpaired) electrons. The Kier molecular flexibility index (Phi) is 7.80. The van der Waals surface area contributed by atoms with Crippen molar-refractivity contribution in [1.29, 1.82) is 0 Å². The lowest BCUT2D eigenvalue weighted by Crippen LogP contribution is -2.19. The third-order valence-corrected chi connectivity index (χ3v) is 13.9. The highest BCUT2D eigenvalue weighted by Gasteiger charge is 2.49. The van der Waals surface area contributed by atoms with Crippen LogP contribution in [-0.2, 0) is 10.8 Å². The maximum absolute atomic E-state index is 2.44.